The fourth-order valence-corrected chi connectivity index (χ4v) is 3.30. The van der Waals surface area contributed by atoms with Crippen LogP contribution in [0.1, 0.15) is 50.0 Å². The lowest BCUT2D eigenvalue weighted by molar-refractivity contribution is 0.121. The molecule has 0 aromatic carbocycles. The summed E-state index contributed by atoms with van der Waals surface area (Å²) in [6, 6.07) is 6.59. The second kappa shape index (κ2) is 6.46. The predicted molar refractivity (Wildman–Crippen MR) is 82.5 cm³/mol. The Labute approximate surface area is 126 Å². The summed E-state index contributed by atoms with van der Waals surface area (Å²) in [7, 11) is 0. The number of hydrogen-bond acceptors (Lipinski definition) is 3. The van der Waals surface area contributed by atoms with Crippen molar-refractivity contribution in [1.29, 1.82) is 0 Å². The summed E-state index contributed by atoms with van der Waals surface area (Å²) in [6.45, 7) is 5.07. The van der Waals surface area contributed by atoms with Gasteiger partial charge in [-0.3, -0.25) is 9.88 Å². The number of hydrogen-bond donors (Lipinski definition) is 0. The minimum Gasteiger partial charge on any atom is -0.294 e. The molecule has 1 aliphatic heterocycles. The van der Waals surface area contributed by atoms with Crippen LogP contribution in [-0.4, -0.2) is 23.0 Å². The second-order valence-corrected chi connectivity index (χ2v) is 6.44. The maximum absolute atomic E-state index is 8.46. The summed E-state index contributed by atoms with van der Waals surface area (Å²) < 4.78 is 0. The van der Waals surface area contributed by atoms with Crippen molar-refractivity contribution < 1.29 is 0 Å². The third-order valence-electron chi connectivity index (χ3n) is 4.71. The summed E-state index contributed by atoms with van der Waals surface area (Å²) in [4.78, 5) is 10.2. The number of aromatic nitrogens is 1. The lowest BCUT2D eigenvalue weighted by Gasteiger charge is -2.36. The van der Waals surface area contributed by atoms with Gasteiger partial charge in [-0.15, -0.1) is 0 Å². The lowest BCUT2D eigenvalue weighted by Crippen LogP contribution is -2.37. The fraction of sp³-hybridized carbons (Fsp3) is 0.688. The van der Waals surface area contributed by atoms with Gasteiger partial charge in [0.15, 0.2) is 0 Å². The van der Waals surface area contributed by atoms with Crippen molar-refractivity contribution in [3.8, 4) is 0 Å². The Kier molecular flexibility index (Phi) is 4.42. The monoisotopic (exact) mass is 285 g/mol. The molecule has 1 aliphatic carbocycles. The van der Waals surface area contributed by atoms with Crippen molar-refractivity contribution >= 4 is 0 Å². The maximum atomic E-state index is 8.46. The van der Waals surface area contributed by atoms with Crippen LogP contribution in [0.2, 0.25) is 0 Å². The van der Waals surface area contributed by atoms with Crippen LogP contribution in [0.5, 0.6) is 0 Å². The van der Waals surface area contributed by atoms with Gasteiger partial charge in [0.2, 0.25) is 0 Å². The van der Waals surface area contributed by atoms with Gasteiger partial charge >= 0.3 is 0 Å². The number of nitrogens with zero attached hydrogens (tertiary/aromatic N) is 5. The Morgan fingerprint density at radius 1 is 1.33 bits per heavy atom. The van der Waals surface area contributed by atoms with Crippen LogP contribution in [-0.2, 0) is 6.54 Å². The molecule has 0 spiro atoms. The van der Waals surface area contributed by atoms with Gasteiger partial charge in [-0.1, -0.05) is 18.1 Å². The van der Waals surface area contributed by atoms with Gasteiger partial charge in [-0.2, -0.15) is 0 Å². The summed E-state index contributed by atoms with van der Waals surface area (Å²) >= 11 is 0. The first-order valence-corrected chi connectivity index (χ1v) is 7.98. The van der Waals surface area contributed by atoms with Gasteiger partial charge < -0.3 is 0 Å². The zero-order chi connectivity index (χ0) is 14.7. The summed E-state index contributed by atoms with van der Waals surface area (Å²) in [5, 5.41) is 3.63. The molecule has 0 bridgehead atoms. The van der Waals surface area contributed by atoms with E-state index in [1.165, 1.54) is 38.8 Å². The normalized spacial score (nSPS) is 21.8. The molecule has 112 valence electrons. The van der Waals surface area contributed by atoms with E-state index in [-0.39, 0.29) is 0 Å². The molecule has 0 amide bonds. The molecule has 5 nitrogen and oxygen atoms in total. The van der Waals surface area contributed by atoms with Crippen LogP contribution in [0.3, 0.4) is 0 Å². The smallest absolute Gasteiger partial charge is 0.0684 e. The zero-order valence-electron chi connectivity index (χ0n) is 12.6. The Balaban J connectivity index is 1.79. The van der Waals surface area contributed by atoms with E-state index in [0.717, 1.165) is 23.2 Å². The molecule has 0 N–H and O–H groups in total. The highest BCUT2D eigenvalue weighted by Crippen LogP contribution is 2.45. The molecule has 2 aliphatic rings. The predicted octanol–water partition coefficient (Wildman–Crippen LogP) is 4.07. The lowest BCUT2D eigenvalue weighted by atomic mass is 9.95. The molecule has 2 fully saturated rings. The fourth-order valence-electron chi connectivity index (χ4n) is 3.30. The second-order valence-electron chi connectivity index (χ2n) is 6.44. The number of azide groups is 1. The maximum Gasteiger partial charge on any atom is 0.0684 e. The van der Waals surface area contributed by atoms with Crippen molar-refractivity contribution in [1.82, 2.24) is 9.88 Å². The van der Waals surface area contributed by atoms with Gasteiger partial charge in [0.25, 0.3) is 0 Å². The molecule has 0 radical (unpaired) electrons. The van der Waals surface area contributed by atoms with E-state index in [4.69, 9.17) is 10.5 Å². The molecule has 2 heterocycles. The van der Waals surface area contributed by atoms with Crippen molar-refractivity contribution in [2.24, 2.45) is 17.0 Å². The largest absolute Gasteiger partial charge is 0.294 e. The van der Waals surface area contributed by atoms with Crippen LogP contribution in [0.25, 0.3) is 10.4 Å². The molecule has 1 aromatic heterocycles. The molecule has 1 saturated heterocycles. The van der Waals surface area contributed by atoms with E-state index in [2.05, 4.69) is 27.9 Å². The van der Waals surface area contributed by atoms with Gasteiger partial charge in [0, 0.05) is 10.6 Å². The number of pyridine rings is 1. The van der Waals surface area contributed by atoms with Crippen LogP contribution in [0, 0.1) is 11.8 Å². The van der Waals surface area contributed by atoms with Gasteiger partial charge in [-0.05, 0) is 68.3 Å². The third kappa shape index (κ3) is 3.55. The first kappa shape index (κ1) is 14.4. The van der Waals surface area contributed by atoms with Crippen LogP contribution in [0.4, 0.5) is 0 Å². The van der Waals surface area contributed by atoms with E-state index >= 15 is 0 Å². The topological polar surface area (TPSA) is 64.9 Å². The Morgan fingerprint density at radius 3 is 2.76 bits per heavy atom. The minimum absolute atomic E-state index is 0.346. The van der Waals surface area contributed by atoms with Crippen molar-refractivity contribution in [3.63, 3.8) is 0 Å². The van der Waals surface area contributed by atoms with Crippen molar-refractivity contribution in [3.05, 3.63) is 40.0 Å². The molecule has 3 rings (SSSR count). The standard InChI is InChI=1S/C16H23N5/c1-12-7-9-21(10-8-12)16(13-5-6-13)15-4-2-3-14(19-15)11-18-20-17/h2-4,12-13,16H,5-11H2,1H3. The Bertz CT molecular complexity index is 525. The van der Waals surface area contributed by atoms with Crippen molar-refractivity contribution in [2.75, 3.05) is 13.1 Å². The minimum atomic E-state index is 0.346. The van der Waals surface area contributed by atoms with E-state index < -0.39 is 0 Å². The molecule has 1 aromatic rings. The van der Waals surface area contributed by atoms with E-state index in [0.29, 0.717) is 12.6 Å². The highest BCUT2D eigenvalue weighted by atomic mass is 15.2. The Morgan fingerprint density at radius 2 is 2.10 bits per heavy atom. The molecule has 21 heavy (non-hydrogen) atoms. The number of piperidine rings is 1. The first-order chi connectivity index (χ1) is 10.3. The first-order valence-electron chi connectivity index (χ1n) is 7.98. The van der Waals surface area contributed by atoms with Crippen LogP contribution in [0.15, 0.2) is 23.3 Å². The Hall–Kier alpha value is -1.58. The highest BCUT2D eigenvalue weighted by molar-refractivity contribution is 5.17. The molecular formula is C16H23N5. The number of likely N-dealkylation sites (tertiary alicyclic amines) is 1. The van der Waals surface area contributed by atoms with E-state index in [1.807, 2.05) is 12.1 Å². The van der Waals surface area contributed by atoms with Crippen LogP contribution < -0.4 is 0 Å². The van der Waals surface area contributed by atoms with Crippen molar-refractivity contribution in [2.45, 2.75) is 45.2 Å². The van der Waals surface area contributed by atoms with E-state index in [9.17, 15) is 0 Å². The molecule has 1 unspecified atom stereocenters. The average Bonchev–Trinajstić information content (AvgIpc) is 3.33. The highest BCUT2D eigenvalue weighted by Gasteiger charge is 2.38. The van der Waals surface area contributed by atoms with Gasteiger partial charge in [-0.25, -0.2) is 0 Å². The average molecular weight is 285 g/mol. The summed E-state index contributed by atoms with van der Waals surface area (Å²) in [6.07, 6.45) is 5.22. The number of rotatable bonds is 5. The molecule has 5 heteroatoms. The van der Waals surface area contributed by atoms with E-state index in [1.54, 1.807) is 0 Å². The third-order valence-corrected chi connectivity index (χ3v) is 4.71. The SMILES string of the molecule is CC1CCN(C(c2cccc(CN=[N+]=[N-])n2)C2CC2)CC1. The van der Waals surface area contributed by atoms with Gasteiger partial charge in [0.05, 0.1) is 18.3 Å². The summed E-state index contributed by atoms with van der Waals surface area (Å²) in [5.74, 6) is 1.62. The molecule has 1 atom stereocenters. The zero-order valence-corrected chi connectivity index (χ0v) is 12.6. The van der Waals surface area contributed by atoms with Gasteiger partial charge in [0.1, 0.15) is 0 Å². The quantitative estimate of drug-likeness (QED) is 0.465. The molecule has 1 saturated carbocycles. The van der Waals surface area contributed by atoms with Crippen LogP contribution >= 0.6 is 0 Å². The molecular weight excluding hydrogens is 262 g/mol. The summed E-state index contributed by atoms with van der Waals surface area (Å²) in [5.41, 5.74) is 10.5.